The van der Waals surface area contributed by atoms with E-state index in [4.69, 9.17) is 11.6 Å². The fourth-order valence-corrected chi connectivity index (χ4v) is 3.31. The Kier molecular flexibility index (Phi) is 6.95. The summed E-state index contributed by atoms with van der Waals surface area (Å²) in [6, 6.07) is 7.63. The molecule has 0 saturated heterocycles. The van der Waals surface area contributed by atoms with Gasteiger partial charge in [-0.3, -0.25) is 4.79 Å². The minimum atomic E-state index is -0.0568. The summed E-state index contributed by atoms with van der Waals surface area (Å²) >= 11 is 7.63. The second-order valence-electron chi connectivity index (χ2n) is 5.12. The number of thioether (sulfide) groups is 1. The summed E-state index contributed by atoms with van der Waals surface area (Å²) in [5, 5.41) is 9.90. The van der Waals surface area contributed by atoms with E-state index in [-0.39, 0.29) is 12.5 Å². The monoisotopic (exact) mass is 353 g/mol. The van der Waals surface area contributed by atoms with E-state index in [1.807, 2.05) is 35.9 Å². The van der Waals surface area contributed by atoms with Gasteiger partial charge in [-0.05, 0) is 11.6 Å². The summed E-state index contributed by atoms with van der Waals surface area (Å²) < 4.78 is 1.87. The predicted octanol–water partition coefficient (Wildman–Crippen LogP) is 2.33. The molecule has 0 bridgehead atoms. The first-order chi connectivity index (χ1) is 11.1. The number of rotatable bonds is 8. The Hall–Kier alpha value is -1.50. The van der Waals surface area contributed by atoms with Crippen LogP contribution in [-0.4, -0.2) is 44.4 Å². The lowest BCUT2D eigenvalue weighted by Crippen LogP contribution is -2.35. The van der Waals surface area contributed by atoms with E-state index >= 15 is 0 Å². The van der Waals surface area contributed by atoms with Crippen molar-refractivity contribution in [2.24, 2.45) is 7.05 Å². The lowest BCUT2D eigenvalue weighted by Gasteiger charge is -2.21. The molecule has 7 heteroatoms. The number of aliphatic hydroxyl groups excluding tert-OH is 1. The number of carbonyl (C=O) groups is 1. The molecule has 0 atom stereocenters. The van der Waals surface area contributed by atoms with Crippen LogP contribution < -0.4 is 0 Å². The third-order valence-corrected chi connectivity index (χ3v) is 4.77. The zero-order chi connectivity index (χ0) is 16.7. The highest BCUT2D eigenvalue weighted by Crippen LogP contribution is 2.21. The molecule has 2 aromatic rings. The minimum Gasteiger partial charge on any atom is -0.395 e. The number of carbonyl (C=O) groups excluding carboxylic acids is 1. The first kappa shape index (κ1) is 17.8. The number of halogens is 1. The van der Waals surface area contributed by atoms with Gasteiger partial charge in [0.25, 0.3) is 0 Å². The third kappa shape index (κ3) is 5.27. The average Bonchev–Trinajstić information content (AvgIpc) is 2.94. The molecule has 5 nitrogen and oxygen atoms in total. The number of benzene rings is 1. The van der Waals surface area contributed by atoms with Crippen LogP contribution >= 0.6 is 23.4 Å². The number of nitrogens with zero attached hydrogens (tertiary/aromatic N) is 3. The Morgan fingerprint density at radius 1 is 1.43 bits per heavy atom. The van der Waals surface area contributed by atoms with Crippen molar-refractivity contribution in [1.82, 2.24) is 14.5 Å². The molecule has 0 aliphatic heterocycles. The van der Waals surface area contributed by atoms with Crippen LogP contribution in [0.4, 0.5) is 0 Å². The minimum absolute atomic E-state index is 0.00250. The molecule has 0 radical (unpaired) electrons. The quantitative estimate of drug-likeness (QED) is 0.791. The molecule has 0 unspecified atom stereocenters. The van der Waals surface area contributed by atoms with E-state index in [0.717, 1.165) is 16.3 Å². The molecule has 1 aromatic carbocycles. The smallest absolute Gasteiger partial charge is 0.233 e. The molecule has 0 aliphatic rings. The number of imidazole rings is 1. The first-order valence-corrected chi connectivity index (χ1v) is 8.80. The highest BCUT2D eigenvalue weighted by molar-refractivity contribution is 7.99. The highest BCUT2D eigenvalue weighted by atomic mass is 35.5. The van der Waals surface area contributed by atoms with E-state index in [1.165, 1.54) is 11.8 Å². The van der Waals surface area contributed by atoms with Crippen LogP contribution in [0, 0.1) is 0 Å². The van der Waals surface area contributed by atoms with Gasteiger partial charge in [0.05, 0.1) is 30.9 Å². The van der Waals surface area contributed by atoms with Gasteiger partial charge in [-0.1, -0.05) is 29.8 Å². The van der Waals surface area contributed by atoms with E-state index < -0.39 is 0 Å². The van der Waals surface area contributed by atoms with Gasteiger partial charge in [0.1, 0.15) is 0 Å². The second-order valence-corrected chi connectivity index (χ2v) is 6.51. The van der Waals surface area contributed by atoms with Crippen molar-refractivity contribution < 1.29 is 9.90 Å². The topological polar surface area (TPSA) is 58.4 Å². The van der Waals surface area contributed by atoms with Crippen LogP contribution in [0.5, 0.6) is 0 Å². The van der Waals surface area contributed by atoms with Gasteiger partial charge in [0, 0.05) is 30.6 Å². The Labute approximate surface area is 145 Å². The van der Waals surface area contributed by atoms with E-state index in [1.54, 1.807) is 17.4 Å². The van der Waals surface area contributed by atoms with Gasteiger partial charge in [-0.25, -0.2) is 4.98 Å². The number of amides is 1. The molecule has 124 valence electrons. The fraction of sp³-hybridized carbons (Fsp3) is 0.375. The Morgan fingerprint density at radius 3 is 2.87 bits per heavy atom. The number of hydrogen-bond donors (Lipinski definition) is 1. The zero-order valence-corrected chi connectivity index (χ0v) is 14.6. The van der Waals surface area contributed by atoms with E-state index in [0.29, 0.717) is 24.6 Å². The van der Waals surface area contributed by atoms with Crippen LogP contribution in [0.3, 0.4) is 0 Å². The van der Waals surface area contributed by atoms with E-state index in [9.17, 15) is 9.90 Å². The molecule has 0 saturated carbocycles. The third-order valence-electron chi connectivity index (χ3n) is 3.43. The van der Waals surface area contributed by atoms with Gasteiger partial charge in [-0.2, -0.15) is 0 Å². The maximum atomic E-state index is 12.4. The van der Waals surface area contributed by atoms with Crippen molar-refractivity contribution in [2.75, 3.05) is 18.9 Å². The Balaban J connectivity index is 1.88. The molecule has 1 N–H and O–H groups in total. The molecule has 1 aromatic heterocycles. The molecule has 0 spiro atoms. The van der Waals surface area contributed by atoms with Crippen molar-refractivity contribution in [3.8, 4) is 0 Å². The lowest BCUT2D eigenvalue weighted by molar-refractivity contribution is -0.129. The summed E-state index contributed by atoms with van der Waals surface area (Å²) in [5.74, 6) is 1.03. The lowest BCUT2D eigenvalue weighted by atomic mass is 10.2. The van der Waals surface area contributed by atoms with Crippen molar-refractivity contribution in [2.45, 2.75) is 12.3 Å². The van der Waals surface area contributed by atoms with E-state index in [2.05, 4.69) is 4.98 Å². The summed E-state index contributed by atoms with van der Waals surface area (Å²) in [5.41, 5.74) is 1.95. The standard InChI is InChI=1S/C16H20ClN3O2S/c1-19-12-18-8-14(19)9-20(6-7-21)16(22)11-23-10-13-4-2-3-5-15(13)17/h2-5,8,12,21H,6-7,9-11H2,1H3. The number of hydrogen-bond acceptors (Lipinski definition) is 4. The second kappa shape index (κ2) is 8.96. The average molecular weight is 354 g/mol. The Bertz CT molecular complexity index is 648. The Morgan fingerprint density at radius 2 is 2.22 bits per heavy atom. The molecule has 0 fully saturated rings. The van der Waals surface area contributed by atoms with Crippen molar-refractivity contribution in [3.05, 3.63) is 53.1 Å². The van der Waals surface area contributed by atoms with Gasteiger partial charge >= 0.3 is 0 Å². The normalized spacial score (nSPS) is 10.7. The molecule has 23 heavy (non-hydrogen) atoms. The van der Waals surface area contributed by atoms with Crippen LogP contribution in [0.2, 0.25) is 5.02 Å². The molecule has 0 aliphatic carbocycles. The number of aryl methyl sites for hydroxylation is 1. The maximum Gasteiger partial charge on any atom is 0.233 e. The van der Waals surface area contributed by atoms with Crippen LogP contribution in [0.1, 0.15) is 11.3 Å². The summed E-state index contributed by atoms with van der Waals surface area (Å²) in [7, 11) is 1.89. The van der Waals surface area contributed by atoms with Crippen molar-refractivity contribution in [3.63, 3.8) is 0 Å². The zero-order valence-electron chi connectivity index (χ0n) is 13.0. The summed E-state index contributed by atoms with van der Waals surface area (Å²) in [4.78, 5) is 18.1. The molecule has 1 heterocycles. The molecular formula is C16H20ClN3O2S. The van der Waals surface area contributed by atoms with Gasteiger partial charge in [0.2, 0.25) is 5.91 Å². The SMILES string of the molecule is Cn1cncc1CN(CCO)C(=O)CSCc1ccccc1Cl. The number of aromatic nitrogens is 2. The number of aliphatic hydroxyl groups is 1. The van der Waals surface area contributed by atoms with Crippen molar-refractivity contribution in [1.29, 1.82) is 0 Å². The van der Waals surface area contributed by atoms with Gasteiger partial charge < -0.3 is 14.6 Å². The van der Waals surface area contributed by atoms with Gasteiger partial charge in [-0.15, -0.1) is 11.8 Å². The van der Waals surface area contributed by atoms with Crippen LogP contribution in [-0.2, 0) is 24.1 Å². The molecule has 1 amide bonds. The van der Waals surface area contributed by atoms with Gasteiger partial charge in [0.15, 0.2) is 0 Å². The molecule has 2 rings (SSSR count). The maximum absolute atomic E-state index is 12.4. The van der Waals surface area contributed by atoms with Crippen LogP contribution in [0.15, 0.2) is 36.8 Å². The summed E-state index contributed by atoms with van der Waals surface area (Å²) in [6.45, 7) is 0.706. The van der Waals surface area contributed by atoms with Crippen LogP contribution in [0.25, 0.3) is 0 Å². The van der Waals surface area contributed by atoms with Crippen molar-refractivity contribution >= 4 is 29.3 Å². The fourth-order valence-electron chi connectivity index (χ4n) is 2.10. The summed E-state index contributed by atoms with van der Waals surface area (Å²) in [6.07, 6.45) is 3.43. The highest BCUT2D eigenvalue weighted by Gasteiger charge is 2.15. The predicted molar refractivity (Wildman–Crippen MR) is 93.3 cm³/mol. The largest absolute Gasteiger partial charge is 0.395 e. The molecular weight excluding hydrogens is 334 g/mol. The first-order valence-electron chi connectivity index (χ1n) is 7.26.